The lowest BCUT2D eigenvalue weighted by Gasteiger charge is -2.36. The number of piperazine rings is 1. The molecule has 0 radical (unpaired) electrons. The Morgan fingerprint density at radius 3 is 2.55 bits per heavy atom. The SMILES string of the molecule is CN=C(NCC(c1cccnc1)C(C)C)N1CCN(S(=O)(=O)Cc2ccon2)CC1.I. The predicted octanol–water partition coefficient (Wildman–Crippen LogP) is 2.15. The Morgan fingerprint density at radius 2 is 2.00 bits per heavy atom. The minimum absolute atomic E-state index is 0. The Bertz CT molecular complexity index is 914. The van der Waals surface area contributed by atoms with Crippen LogP contribution in [0.25, 0.3) is 0 Å². The molecular weight excluding hydrogens is 531 g/mol. The molecule has 11 heteroatoms. The molecule has 31 heavy (non-hydrogen) atoms. The minimum atomic E-state index is -3.42. The Labute approximate surface area is 201 Å². The van der Waals surface area contributed by atoms with E-state index in [-0.39, 0.29) is 29.7 Å². The molecule has 0 spiro atoms. The van der Waals surface area contributed by atoms with Gasteiger partial charge in [-0.3, -0.25) is 9.98 Å². The van der Waals surface area contributed by atoms with Crippen molar-refractivity contribution < 1.29 is 12.9 Å². The fraction of sp³-hybridized carbons (Fsp3) is 0.550. The average molecular weight is 562 g/mol. The monoisotopic (exact) mass is 562 g/mol. The average Bonchev–Trinajstić information content (AvgIpc) is 3.24. The number of halogens is 1. The molecule has 9 nitrogen and oxygen atoms in total. The summed E-state index contributed by atoms with van der Waals surface area (Å²) in [6.07, 6.45) is 5.07. The van der Waals surface area contributed by atoms with Crippen molar-refractivity contribution in [1.82, 2.24) is 24.7 Å². The van der Waals surface area contributed by atoms with Crippen LogP contribution in [0.4, 0.5) is 0 Å². The Balaban J connectivity index is 0.00000341. The van der Waals surface area contributed by atoms with Crippen molar-refractivity contribution in [3.05, 3.63) is 48.1 Å². The first-order valence-electron chi connectivity index (χ1n) is 10.1. The number of hydrogen-bond donors (Lipinski definition) is 1. The molecule has 1 saturated heterocycles. The van der Waals surface area contributed by atoms with E-state index < -0.39 is 10.0 Å². The molecule has 3 rings (SSSR count). The van der Waals surface area contributed by atoms with Gasteiger partial charge in [-0.25, -0.2) is 8.42 Å². The maximum Gasteiger partial charge on any atom is 0.220 e. The lowest BCUT2D eigenvalue weighted by atomic mass is 9.89. The van der Waals surface area contributed by atoms with Gasteiger partial charge in [0.1, 0.15) is 12.0 Å². The fourth-order valence-electron chi connectivity index (χ4n) is 3.64. The first-order valence-corrected chi connectivity index (χ1v) is 11.7. The third-order valence-electron chi connectivity index (χ3n) is 5.36. The molecule has 0 saturated carbocycles. The minimum Gasteiger partial charge on any atom is -0.364 e. The highest BCUT2D eigenvalue weighted by Crippen LogP contribution is 2.23. The summed E-state index contributed by atoms with van der Waals surface area (Å²) in [4.78, 5) is 10.8. The molecule has 0 bridgehead atoms. The number of hydrogen-bond acceptors (Lipinski definition) is 6. The fourth-order valence-corrected chi connectivity index (χ4v) is 5.06. The molecule has 0 aliphatic carbocycles. The van der Waals surface area contributed by atoms with Crippen LogP contribution in [0, 0.1) is 5.92 Å². The van der Waals surface area contributed by atoms with Crippen molar-refractivity contribution in [2.24, 2.45) is 10.9 Å². The zero-order chi connectivity index (χ0) is 21.6. The molecule has 1 aliphatic heterocycles. The summed E-state index contributed by atoms with van der Waals surface area (Å²) >= 11 is 0. The molecule has 172 valence electrons. The summed E-state index contributed by atoms with van der Waals surface area (Å²) in [5.41, 5.74) is 1.62. The van der Waals surface area contributed by atoms with Crippen LogP contribution in [0.15, 0.2) is 46.4 Å². The Morgan fingerprint density at radius 1 is 1.26 bits per heavy atom. The molecule has 1 atom stereocenters. The second-order valence-electron chi connectivity index (χ2n) is 7.70. The first kappa shape index (κ1) is 25.5. The number of nitrogens with zero attached hydrogens (tertiary/aromatic N) is 5. The molecule has 1 N–H and O–H groups in total. The molecular formula is C20H31IN6O3S. The number of sulfonamides is 1. The van der Waals surface area contributed by atoms with E-state index in [0.29, 0.717) is 43.7 Å². The summed E-state index contributed by atoms with van der Waals surface area (Å²) in [6, 6.07) is 5.63. The largest absolute Gasteiger partial charge is 0.364 e. The van der Waals surface area contributed by atoms with Crippen molar-refractivity contribution in [3.8, 4) is 0 Å². The number of nitrogens with one attached hydrogen (secondary N) is 1. The van der Waals surface area contributed by atoms with Gasteiger partial charge in [-0.2, -0.15) is 4.31 Å². The van der Waals surface area contributed by atoms with E-state index in [1.807, 2.05) is 12.3 Å². The summed E-state index contributed by atoms with van der Waals surface area (Å²) in [6.45, 7) is 7.12. The molecule has 1 fully saturated rings. The van der Waals surface area contributed by atoms with Crippen LogP contribution in [0.2, 0.25) is 0 Å². The van der Waals surface area contributed by atoms with Crippen LogP contribution in [0.1, 0.15) is 31.0 Å². The van der Waals surface area contributed by atoms with Crippen LogP contribution in [-0.4, -0.2) is 73.5 Å². The molecule has 0 aromatic carbocycles. The van der Waals surface area contributed by atoms with E-state index in [0.717, 1.165) is 12.5 Å². The lowest BCUT2D eigenvalue weighted by Crippen LogP contribution is -2.54. The van der Waals surface area contributed by atoms with E-state index >= 15 is 0 Å². The van der Waals surface area contributed by atoms with Crippen LogP contribution < -0.4 is 5.32 Å². The Kier molecular flexibility index (Phi) is 9.69. The van der Waals surface area contributed by atoms with Gasteiger partial charge in [0, 0.05) is 64.1 Å². The third-order valence-corrected chi connectivity index (χ3v) is 7.17. The van der Waals surface area contributed by atoms with Crippen molar-refractivity contribution >= 4 is 40.0 Å². The number of pyridine rings is 1. The van der Waals surface area contributed by atoms with Gasteiger partial charge in [-0.05, 0) is 17.5 Å². The van der Waals surface area contributed by atoms with Crippen molar-refractivity contribution in [2.75, 3.05) is 39.8 Å². The zero-order valence-corrected chi connectivity index (χ0v) is 21.3. The summed E-state index contributed by atoms with van der Waals surface area (Å²) in [7, 11) is -1.66. The van der Waals surface area contributed by atoms with Gasteiger partial charge < -0.3 is 14.7 Å². The van der Waals surface area contributed by atoms with Crippen molar-refractivity contribution in [2.45, 2.75) is 25.5 Å². The number of rotatable bonds is 7. The third kappa shape index (κ3) is 6.88. The van der Waals surface area contributed by atoms with Gasteiger partial charge in [0.05, 0.1) is 5.69 Å². The van der Waals surface area contributed by atoms with Crippen molar-refractivity contribution in [3.63, 3.8) is 0 Å². The second kappa shape index (κ2) is 11.8. The number of aliphatic imine (C=N–C) groups is 1. The van der Waals surface area contributed by atoms with Gasteiger partial charge >= 0.3 is 0 Å². The number of aromatic nitrogens is 2. The highest BCUT2D eigenvalue weighted by molar-refractivity contribution is 14.0. The maximum atomic E-state index is 12.6. The summed E-state index contributed by atoms with van der Waals surface area (Å²) in [5, 5.41) is 7.17. The highest BCUT2D eigenvalue weighted by Gasteiger charge is 2.29. The smallest absolute Gasteiger partial charge is 0.220 e. The maximum absolute atomic E-state index is 12.6. The molecule has 2 aromatic rings. The van der Waals surface area contributed by atoms with Crippen LogP contribution in [0.3, 0.4) is 0 Å². The van der Waals surface area contributed by atoms with E-state index in [1.54, 1.807) is 19.3 Å². The van der Waals surface area contributed by atoms with E-state index in [9.17, 15) is 8.42 Å². The highest BCUT2D eigenvalue weighted by atomic mass is 127. The molecule has 1 unspecified atom stereocenters. The van der Waals surface area contributed by atoms with Gasteiger partial charge in [0.2, 0.25) is 10.0 Å². The van der Waals surface area contributed by atoms with Crippen LogP contribution >= 0.6 is 24.0 Å². The van der Waals surface area contributed by atoms with E-state index in [1.165, 1.54) is 16.1 Å². The summed E-state index contributed by atoms with van der Waals surface area (Å²) in [5.74, 6) is 1.40. The van der Waals surface area contributed by atoms with Gasteiger partial charge in [-0.1, -0.05) is 25.1 Å². The topological polar surface area (TPSA) is 104 Å². The Hall–Kier alpha value is -1.73. The predicted molar refractivity (Wildman–Crippen MR) is 131 cm³/mol. The first-order chi connectivity index (χ1) is 14.4. The van der Waals surface area contributed by atoms with Crippen LogP contribution in [0.5, 0.6) is 0 Å². The van der Waals surface area contributed by atoms with E-state index in [2.05, 4.69) is 45.3 Å². The van der Waals surface area contributed by atoms with E-state index in [4.69, 9.17) is 4.52 Å². The standard InChI is InChI=1S/C20H30N6O3S.HI/c1-16(2)19(17-5-4-7-22-13-17)14-23-20(21-3)25-8-10-26(11-9-25)30(27,28)15-18-6-12-29-24-18;/h4-7,12-13,16,19H,8-11,14-15H2,1-3H3,(H,21,23);1H. The molecule has 0 amide bonds. The normalized spacial score (nSPS) is 16.8. The molecule has 2 aromatic heterocycles. The second-order valence-corrected chi connectivity index (χ2v) is 9.67. The van der Waals surface area contributed by atoms with Crippen molar-refractivity contribution in [1.29, 1.82) is 0 Å². The number of guanidine groups is 1. The van der Waals surface area contributed by atoms with Crippen LogP contribution in [-0.2, 0) is 15.8 Å². The summed E-state index contributed by atoms with van der Waals surface area (Å²) < 4.78 is 31.5. The lowest BCUT2D eigenvalue weighted by molar-refractivity contribution is 0.259. The molecule has 3 heterocycles. The van der Waals surface area contributed by atoms with Gasteiger partial charge in [0.15, 0.2) is 5.96 Å². The zero-order valence-electron chi connectivity index (χ0n) is 18.1. The van der Waals surface area contributed by atoms with Gasteiger partial charge in [0.25, 0.3) is 0 Å². The van der Waals surface area contributed by atoms with Gasteiger partial charge in [-0.15, -0.1) is 24.0 Å². The molecule has 1 aliphatic rings. The quantitative estimate of drug-likeness (QED) is 0.314.